The Labute approximate surface area is 160 Å². The molecule has 6 nitrogen and oxygen atoms in total. The third kappa shape index (κ3) is 5.57. The summed E-state index contributed by atoms with van der Waals surface area (Å²) in [4.78, 5) is 6.15. The molecule has 0 aromatic carbocycles. The van der Waals surface area contributed by atoms with Gasteiger partial charge >= 0.3 is 0 Å². The molecule has 1 atom stereocenters. The highest BCUT2D eigenvalue weighted by molar-refractivity contribution is 7.10. The fraction of sp³-hybridized carbons (Fsp3) is 0.579. The van der Waals surface area contributed by atoms with Crippen molar-refractivity contribution in [1.29, 1.82) is 0 Å². The second-order valence-electron chi connectivity index (χ2n) is 6.36. The maximum absolute atomic E-state index is 5.16. The van der Waals surface area contributed by atoms with Gasteiger partial charge in [-0.05, 0) is 32.2 Å². The summed E-state index contributed by atoms with van der Waals surface area (Å²) in [5.74, 6) is 1.30. The van der Waals surface area contributed by atoms with E-state index in [0.29, 0.717) is 19.1 Å². The van der Waals surface area contributed by atoms with Crippen molar-refractivity contribution in [3.8, 4) is 0 Å². The number of hydrogen-bond acceptors (Lipinski definition) is 4. The minimum Gasteiger partial charge on any atom is -0.383 e. The molecule has 144 valence electrons. The summed E-state index contributed by atoms with van der Waals surface area (Å²) < 4.78 is 7.16. The highest BCUT2D eigenvalue weighted by Crippen LogP contribution is 2.19. The largest absolute Gasteiger partial charge is 0.383 e. The maximum Gasteiger partial charge on any atom is 0.191 e. The lowest BCUT2D eigenvalue weighted by atomic mass is 10.1. The number of aliphatic imine (C=N–C) groups is 1. The van der Waals surface area contributed by atoms with Crippen LogP contribution in [0.15, 0.2) is 22.5 Å². The highest BCUT2D eigenvalue weighted by Gasteiger charge is 2.12. The van der Waals surface area contributed by atoms with Crippen LogP contribution >= 0.6 is 11.3 Å². The number of ether oxygens (including phenoxy) is 1. The first-order valence-corrected chi connectivity index (χ1v) is 10.0. The van der Waals surface area contributed by atoms with Crippen molar-refractivity contribution in [2.75, 3.05) is 26.8 Å². The molecule has 0 bridgehead atoms. The van der Waals surface area contributed by atoms with Crippen LogP contribution in [0.5, 0.6) is 0 Å². The number of nitrogens with one attached hydrogen (secondary N) is 2. The minimum atomic E-state index is 0.458. The lowest BCUT2D eigenvalue weighted by Crippen LogP contribution is -2.39. The molecular formula is C19H31N5OS. The van der Waals surface area contributed by atoms with Crippen molar-refractivity contribution in [1.82, 2.24) is 20.4 Å². The normalized spacial score (nSPS) is 13.0. The molecule has 0 saturated heterocycles. The van der Waals surface area contributed by atoms with E-state index in [1.165, 1.54) is 10.4 Å². The molecule has 0 fully saturated rings. The van der Waals surface area contributed by atoms with Gasteiger partial charge in [0.2, 0.25) is 0 Å². The van der Waals surface area contributed by atoms with E-state index in [0.717, 1.165) is 37.0 Å². The molecule has 0 radical (unpaired) electrons. The average Bonchev–Trinajstić information content (AvgIpc) is 3.25. The van der Waals surface area contributed by atoms with Crippen LogP contribution < -0.4 is 10.6 Å². The summed E-state index contributed by atoms with van der Waals surface area (Å²) in [6.45, 7) is 12.2. The van der Waals surface area contributed by atoms with E-state index < -0.39 is 0 Å². The average molecular weight is 378 g/mol. The van der Waals surface area contributed by atoms with Gasteiger partial charge in [0.25, 0.3) is 0 Å². The van der Waals surface area contributed by atoms with E-state index >= 15 is 0 Å². The van der Waals surface area contributed by atoms with Crippen LogP contribution in [0.4, 0.5) is 0 Å². The SMILES string of the molecule is CCNC(=NCc1c(C)nn(CCOC)c1C)NCC(C)c1cccs1. The Morgan fingerprint density at radius 1 is 1.38 bits per heavy atom. The van der Waals surface area contributed by atoms with Gasteiger partial charge in [0.05, 0.1) is 25.4 Å². The fourth-order valence-electron chi connectivity index (χ4n) is 2.78. The molecule has 7 heteroatoms. The van der Waals surface area contributed by atoms with Crippen molar-refractivity contribution < 1.29 is 4.74 Å². The molecule has 2 N–H and O–H groups in total. The number of aryl methyl sites for hydroxylation is 1. The monoisotopic (exact) mass is 377 g/mol. The third-order valence-electron chi connectivity index (χ3n) is 4.38. The topological polar surface area (TPSA) is 63.5 Å². The Morgan fingerprint density at radius 2 is 2.19 bits per heavy atom. The van der Waals surface area contributed by atoms with Crippen LogP contribution in [0.25, 0.3) is 0 Å². The van der Waals surface area contributed by atoms with E-state index in [9.17, 15) is 0 Å². The van der Waals surface area contributed by atoms with E-state index in [4.69, 9.17) is 9.73 Å². The molecule has 0 amide bonds. The summed E-state index contributed by atoms with van der Waals surface area (Å²) in [5.41, 5.74) is 3.38. The van der Waals surface area contributed by atoms with Gasteiger partial charge in [0.15, 0.2) is 5.96 Å². The summed E-state index contributed by atoms with van der Waals surface area (Å²) in [5, 5.41) is 13.5. The van der Waals surface area contributed by atoms with Gasteiger partial charge in [-0.3, -0.25) is 4.68 Å². The first-order chi connectivity index (χ1) is 12.6. The number of rotatable bonds is 9. The Balaban J connectivity index is 2.01. The molecule has 0 saturated carbocycles. The number of hydrogen-bond donors (Lipinski definition) is 2. The number of aromatic nitrogens is 2. The molecule has 0 aliphatic carbocycles. The number of methoxy groups -OCH3 is 1. The zero-order valence-corrected chi connectivity index (χ0v) is 17.3. The van der Waals surface area contributed by atoms with Crippen LogP contribution in [0.1, 0.15) is 41.6 Å². The lowest BCUT2D eigenvalue weighted by Gasteiger charge is -2.15. The zero-order chi connectivity index (χ0) is 18.9. The summed E-state index contributed by atoms with van der Waals surface area (Å²) >= 11 is 1.80. The first-order valence-electron chi connectivity index (χ1n) is 9.14. The Kier molecular flexibility index (Phi) is 8.12. The molecule has 0 aliphatic heterocycles. The Bertz CT molecular complexity index is 693. The maximum atomic E-state index is 5.16. The molecule has 26 heavy (non-hydrogen) atoms. The van der Waals surface area contributed by atoms with Crippen LogP contribution in [0, 0.1) is 13.8 Å². The van der Waals surface area contributed by atoms with Gasteiger partial charge in [-0.15, -0.1) is 11.3 Å². The van der Waals surface area contributed by atoms with Crippen molar-refractivity contribution in [2.24, 2.45) is 4.99 Å². The molecular weight excluding hydrogens is 346 g/mol. The lowest BCUT2D eigenvalue weighted by molar-refractivity contribution is 0.182. The molecule has 0 aliphatic rings. The molecule has 2 aromatic rings. The van der Waals surface area contributed by atoms with Gasteiger partial charge in [0, 0.05) is 42.3 Å². The van der Waals surface area contributed by atoms with Crippen LogP contribution in [0.2, 0.25) is 0 Å². The van der Waals surface area contributed by atoms with Gasteiger partial charge in [-0.2, -0.15) is 5.10 Å². The standard InChI is InChI=1S/C19H31N5OS/c1-6-20-19(21-12-14(2)18-8-7-11-26-18)22-13-17-15(3)23-24(16(17)4)9-10-25-5/h7-8,11,14H,6,9-10,12-13H2,1-5H3,(H2,20,21,22). The van der Waals surface area contributed by atoms with Gasteiger partial charge in [-0.1, -0.05) is 13.0 Å². The second kappa shape index (κ2) is 10.3. The molecule has 2 rings (SSSR count). The first kappa shape index (κ1) is 20.5. The number of nitrogens with zero attached hydrogens (tertiary/aromatic N) is 3. The van der Waals surface area contributed by atoms with E-state index in [1.54, 1.807) is 18.4 Å². The molecule has 1 unspecified atom stereocenters. The molecule has 2 heterocycles. The predicted molar refractivity (Wildman–Crippen MR) is 109 cm³/mol. The number of guanidine groups is 1. The van der Waals surface area contributed by atoms with Crippen LogP contribution in [-0.2, 0) is 17.8 Å². The summed E-state index contributed by atoms with van der Waals surface area (Å²) in [6, 6.07) is 4.28. The van der Waals surface area contributed by atoms with Gasteiger partial charge in [0.1, 0.15) is 0 Å². The van der Waals surface area contributed by atoms with E-state index in [-0.39, 0.29) is 0 Å². The highest BCUT2D eigenvalue weighted by atomic mass is 32.1. The quantitative estimate of drug-likeness (QED) is 0.521. The molecule has 2 aromatic heterocycles. The van der Waals surface area contributed by atoms with Crippen molar-refractivity contribution >= 4 is 17.3 Å². The summed E-state index contributed by atoms with van der Waals surface area (Å²) in [6.07, 6.45) is 0. The van der Waals surface area contributed by atoms with Gasteiger partial charge in [-0.25, -0.2) is 4.99 Å². The van der Waals surface area contributed by atoms with E-state index in [2.05, 4.69) is 54.0 Å². The van der Waals surface area contributed by atoms with Crippen molar-refractivity contribution in [3.05, 3.63) is 39.3 Å². The predicted octanol–water partition coefficient (Wildman–Crippen LogP) is 3.07. The fourth-order valence-corrected chi connectivity index (χ4v) is 3.57. The second-order valence-corrected chi connectivity index (χ2v) is 7.34. The van der Waals surface area contributed by atoms with Crippen molar-refractivity contribution in [2.45, 2.75) is 46.7 Å². The van der Waals surface area contributed by atoms with Crippen molar-refractivity contribution in [3.63, 3.8) is 0 Å². The number of thiophene rings is 1. The third-order valence-corrected chi connectivity index (χ3v) is 5.49. The van der Waals surface area contributed by atoms with Crippen LogP contribution in [-0.4, -0.2) is 42.5 Å². The molecule has 0 spiro atoms. The Morgan fingerprint density at radius 3 is 2.85 bits per heavy atom. The smallest absolute Gasteiger partial charge is 0.191 e. The zero-order valence-electron chi connectivity index (χ0n) is 16.5. The Hall–Kier alpha value is -1.86. The minimum absolute atomic E-state index is 0.458. The van der Waals surface area contributed by atoms with Crippen LogP contribution in [0.3, 0.4) is 0 Å². The van der Waals surface area contributed by atoms with Gasteiger partial charge < -0.3 is 15.4 Å². The summed E-state index contributed by atoms with van der Waals surface area (Å²) in [7, 11) is 1.71. The van der Waals surface area contributed by atoms with E-state index in [1.807, 2.05) is 11.6 Å².